The Morgan fingerprint density at radius 2 is 2.00 bits per heavy atom. The molecule has 0 unspecified atom stereocenters. The highest BCUT2D eigenvalue weighted by Crippen LogP contribution is 2.42. The van der Waals surface area contributed by atoms with Gasteiger partial charge in [0.05, 0.1) is 5.69 Å². The van der Waals surface area contributed by atoms with Crippen LogP contribution in [0.5, 0.6) is 0 Å². The highest BCUT2D eigenvalue weighted by Gasteiger charge is 2.36. The van der Waals surface area contributed by atoms with Crippen molar-refractivity contribution >= 4 is 0 Å². The Balaban J connectivity index is 2.21. The molecule has 1 aliphatic rings. The number of aryl methyl sites for hydroxylation is 1. The lowest BCUT2D eigenvalue weighted by Crippen LogP contribution is -2.34. The second-order valence-electron chi connectivity index (χ2n) is 5.78. The van der Waals surface area contributed by atoms with Crippen LogP contribution in [0, 0.1) is 6.92 Å². The summed E-state index contributed by atoms with van der Waals surface area (Å²) in [6.07, 6.45) is 6.40. The number of nitrogens with zero attached hydrogens (tertiary/aromatic N) is 1. The second kappa shape index (κ2) is 4.94. The van der Waals surface area contributed by atoms with Crippen LogP contribution in [-0.4, -0.2) is 16.1 Å². The Bertz CT molecular complexity index is 662. The number of nitrogens with one attached hydrogen (secondary N) is 1. The van der Waals surface area contributed by atoms with E-state index < -0.39 is 0 Å². The number of nitrogens with two attached hydrogens (primary N) is 1. The predicted octanol–water partition coefficient (Wildman–Crippen LogP) is 2.24. The van der Waals surface area contributed by atoms with Gasteiger partial charge in [0.25, 0.3) is 0 Å². The van der Waals surface area contributed by atoms with Crippen molar-refractivity contribution in [1.82, 2.24) is 9.55 Å². The van der Waals surface area contributed by atoms with Gasteiger partial charge < -0.3 is 10.7 Å². The number of rotatable bonds is 3. The molecule has 4 nitrogen and oxygen atoms in total. The molecule has 3 N–H and O–H groups in total. The van der Waals surface area contributed by atoms with E-state index in [9.17, 15) is 4.79 Å². The van der Waals surface area contributed by atoms with Crippen LogP contribution in [0.25, 0.3) is 5.69 Å². The van der Waals surface area contributed by atoms with Crippen LogP contribution in [0.4, 0.5) is 0 Å². The van der Waals surface area contributed by atoms with Crippen molar-refractivity contribution < 1.29 is 0 Å². The van der Waals surface area contributed by atoms with Gasteiger partial charge in [0.1, 0.15) is 0 Å². The summed E-state index contributed by atoms with van der Waals surface area (Å²) in [6, 6.07) is 8.18. The fraction of sp³-hybridized carbons (Fsp3) is 0.438. The summed E-state index contributed by atoms with van der Waals surface area (Å²) in [5.41, 5.74) is 9.16. The molecule has 106 valence electrons. The fourth-order valence-electron chi connectivity index (χ4n) is 3.51. The zero-order valence-electron chi connectivity index (χ0n) is 11.9. The zero-order chi connectivity index (χ0) is 14.2. The largest absolute Gasteiger partial charge is 0.330 e. The lowest BCUT2D eigenvalue weighted by Gasteiger charge is -2.30. The van der Waals surface area contributed by atoms with Gasteiger partial charge in [0.2, 0.25) is 0 Å². The van der Waals surface area contributed by atoms with Gasteiger partial charge in [-0.2, -0.15) is 0 Å². The maximum absolute atomic E-state index is 12.1. The number of aromatic nitrogens is 2. The number of imidazole rings is 1. The summed E-state index contributed by atoms with van der Waals surface area (Å²) < 4.78 is 1.76. The molecule has 1 aromatic carbocycles. The van der Waals surface area contributed by atoms with E-state index in [0.29, 0.717) is 6.54 Å². The Labute approximate surface area is 118 Å². The first kappa shape index (κ1) is 13.2. The minimum absolute atomic E-state index is 0.0275. The first-order valence-electron chi connectivity index (χ1n) is 7.25. The second-order valence-corrected chi connectivity index (χ2v) is 5.78. The highest BCUT2D eigenvalue weighted by molar-refractivity contribution is 5.47. The average molecular weight is 271 g/mol. The number of hydrogen-bond donors (Lipinski definition) is 2. The van der Waals surface area contributed by atoms with Gasteiger partial charge in [-0.05, 0) is 31.4 Å². The van der Waals surface area contributed by atoms with E-state index in [1.54, 1.807) is 10.8 Å². The van der Waals surface area contributed by atoms with E-state index in [0.717, 1.165) is 24.2 Å². The van der Waals surface area contributed by atoms with Crippen molar-refractivity contribution in [2.75, 3.05) is 6.54 Å². The molecule has 0 radical (unpaired) electrons. The first-order valence-corrected chi connectivity index (χ1v) is 7.25. The van der Waals surface area contributed by atoms with Crippen LogP contribution >= 0.6 is 0 Å². The standard InChI is InChI=1S/C16H21N3O/c1-12-10-18-15(20)19(12)14-7-3-2-6-13(14)16(11-17)8-4-5-9-16/h2-3,6-7,10H,4-5,8-9,11,17H2,1H3,(H,18,20). The summed E-state index contributed by atoms with van der Waals surface area (Å²) in [5.74, 6) is 0. The van der Waals surface area contributed by atoms with Crippen molar-refractivity contribution in [3.63, 3.8) is 0 Å². The highest BCUT2D eigenvalue weighted by atomic mass is 16.1. The molecule has 0 spiro atoms. The van der Waals surface area contributed by atoms with Gasteiger partial charge >= 0.3 is 5.69 Å². The van der Waals surface area contributed by atoms with Gasteiger partial charge in [-0.15, -0.1) is 0 Å². The molecule has 1 aromatic heterocycles. The molecular weight excluding hydrogens is 250 g/mol. The summed E-state index contributed by atoms with van der Waals surface area (Å²) in [6.45, 7) is 2.58. The first-order chi connectivity index (χ1) is 9.68. The molecule has 1 heterocycles. The monoisotopic (exact) mass is 271 g/mol. The zero-order valence-corrected chi connectivity index (χ0v) is 11.9. The van der Waals surface area contributed by atoms with Gasteiger partial charge in [-0.3, -0.25) is 4.57 Å². The van der Waals surface area contributed by atoms with Crippen LogP contribution in [0.2, 0.25) is 0 Å². The van der Waals surface area contributed by atoms with E-state index in [1.165, 1.54) is 18.4 Å². The number of H-pyrrole nitrogens is 1. The van der Waals surface area contributed by atoms with Crippen LogP contribution in [0.15, 0.2) is 35.3 Å². The third kappa shape index (κ3) is 1.91. The van der Waals surface area contributed by atoms with Crippen molar-refractivity contribution in [3.05, 3.63) is 52.2 Å². The van der Waals surface area contributed by atoms with E-state index in [2.05, 4.69) is 11.1 Å². The third-order valence-corrected chi connectivity index (χ3v) is 4.63. The lowest BCUT2D eigenvalue weighted by atomic mass is 9.78. The maximum Gasteiger partial charge on any atom is 0.330 e. The molecule has 1 saturated carbocycles. The molecule has 20 heavy (non-hydrogen) atoms. The van der Waals surface area contributed by atoms with Crippen molar-refractivity contribution in [1.29, 1.82) is 0 Å². The van der Waals surface area contributed by atoms with Crippen LogP contribution in [-0.2, 0) is 5.41 Å². The fourth-order valence-corrected chi connectivity index (χ4v) is 3.51. The van der Waals surface area contributed by atoms with Gasteiger partial charge in [-0.1, -0.05) is 31.0 Å². The summed E-state index contributed by atoms with van der Waals surface area (Å²) in [4.78, 5) is 14.8. The van der Waals surface area contributed by atoms with Gasteiger partial charge in [0.15, 0.2) is 0 Å². The van der Waals surface area contributed by atoms with Crippen LogP contribution in [0.3, 0.4) is 0 Å². The van der Waals surface area contributed by atoms with Crippen molar-refractivity contribution in [2.24, 2.45) is 5.73 Å². The minimum Gasteiger partial charge on any atom is -0.330 e. The molecule has 1 aliphatic carbocycles. The molecule has 0 aliphatic heterocycles. The average Bonchev–Trinajstić information content (AvgIpc) is 3.07. The van der Waals surface area contributed by atoms with Crippen LogP contribution < -0.4 is 11.4 Å². The molecule has 0 amide bonds. The topological polar surface area (TPSA) is 63.8 Å². The molecular formula is C16H21N3O. The molecule has 2 aromatic rings. The minimum atomic E-state index is -0.0832. The van der Waals surface area contributed by atoms with E-state index >= 15 is 0 Å². The predicted molar refractivity (Wildman–Crippen MR) is 80.3 cm³/mol. The Morgan fingerprint density at radius 3 is 2.60 bits per heavy atom. The number of hydrogen-bond acceptors (Lipinski definition) is 2. The number of para-hydroxylation sites is 1. The van der Waals surface area contributed by atoms with E-state index in [1.807, 2.05) is 25.1 Å². The maximum atomic E-state index is 12.1. The smallest absolute Gasteiger partial charge is 0.330 e. The molecule has 0 saturated heterocycles. The third-order valence-electron chi connectivity index (χ3n) is 4.63. The Hall–Kier alpha value is -1.81. The van der Waals surface area contributed by atoms with E-state index in [-0.39, 0.29) is 11.1 Å². The summed E-state index contributed by atoms with van der Waals surface area (Å²) in [5, 5.41) is 0. The van der Waals surface area contributed by atoms with E-state index in [4.69, 9.17) is 5.73 Å². The molecule has 4 heteroatoms. The van der Waals surface area contributed by atoms with Crippen molar-refractivity contribution in [3.8, 4) is 5.69 Å². The van der Waals surface area contributed by atoms with Crippen molar-refractivity contribution in [2.45, 2.75) is 38.0 Å². The van der Waals surface area contributed by atoms with Crippen LogP contribution in [0.1, 0.15) is 36.9 Å². The number of aromatic amines is 1. The molecule has 1 fully saturated rings. The summed E-state index contributed by atoms with van der Waals surface area (Å²) in [7, 11) is 0. The number of benzene rings is 1. The normalized spacial score (nSPS) is 17.5. The summed E-state index contributed by atoms with van der Waals surface area (Å²) >= 11 is 0. The van der Waals surface area contributed by atoms with Gasteiger partial charge in [0, 0.05) is 23.9 Å². The Kier molecular flexibility index (Phi) is 3.26. The lowest BCUT2D eigenvalue weighted by molar-refractivity contribution is 0.451. The molecule has 0 bridgehead atoms. The molecule has 0 atom stereocenters. The quantitative estimate of drug-likeness (QED) is 0.899. The van der Waals surface area contributed by atoms with Gasteiger partial charge in [-0.25, -0.2) is 4.79 Å². The SMILES string of the molecule is Cc1c[nH]c(=O)n1-c1ccccc1C1(CN)CCCC1. The Morgan fingerprint density at radius 1 is 1.30 bits per heavy atom. The molecule has 3 rings (SSSR count).